The van der Waals surface area contributed by atoms with Crippen molar-refractivity contribution in [1.82, 2.24) is 0 Å². The van der Waals surface area contributed by atoms with E-state index in [0.717, 1.165) is 19.1 Å². The van der Waals surface area contributed by atoms with Crippen LogP contribution in [0.5, 0.6) is 11.5 Å². The molecule has 1 aromatic carbocycles. The lowest BCUT2D eigenvalue weighted by atomic mass is 10.2. The van der Waals surface area contributed by atoms with Gasteiger partial charge >= 0.3 is 5.97 Å². The first-order valence-electron chi connectivity index (χ1n) is 6.59. The van der Waals surface area contributed by atoms with Crippen molar-refractivity contribution in [2.75, 3.05) is 7.11 Å². The number of esters is 1. The quantitative estimate of drug-likeness (QED) is 0.611. The van der Waals surface area contributed by atoms with E-state index < -0.39 is 0 Å². The predicted molar refractivity (Wildman–Crippen MR) is 72.2 cm³/mol. The molecule has 0 bridgehead atoms. The first kappa shape index (κ1) is 14.4. The molecule has 1 aliphatic carbocycles. The normalized spacial score (nSPS) is 21.3. The van der Waals surface area contributed by atoms with Gasteiger partial charge in [-0.15, -0.1) is 0 Å². The third-order valence-electron chi connectivity index (χ3n) is 3.29. The molecular formula is C15H18O5. The Morgan fingerprint density at radius 1 is 1.25 bits per heavy atom. The minimum absolute atomic E-state index is 0.0323. The van der Waals surface area contributed by atoms with Crippen molar-refractivity contribution >= 4 is 12.3 Å². The summed E-state index contributed by atoms with van der Waals surface area (Å²) in [4.78, 5) is 21.7. The standard InChI is InChI=1S/C15H18O5/c1-10(17)19-12-4-5-13(8-12)20-15-7-11(9-16)3-6-14(15)18-2/h3,6-7,9,12-13H,4-5,8H2,1-2H3/t12-,13-/m0/s1. The van der Waals surface area contributed by atoms with Gasteiger partial charge in [-0.2, -0.15) is 0 Å². The van der Waals surface area contributed by atoms with Crippen molar-refractivity contribution < 1.29 is 23.8 Å². The number of hydrogen-bond acceptors (Lipinski definition) is 5. The van der Waals surface area contributed by atoms with Gasteiger partial charge in [-0.1, -0.05) is 0 Å². The molecule has 0 unspecified atom stereocenters. The maximum Gasteiger partial charge on any atom is 0.302 e. The van der Waals surface area contributed by atoms with Crippen molar-refractivity contribution in [1.29, 1.82) is 0 Å². The van der Waals surface area contributed by atoms with Crippen LogP contribution in [0.1, 0.15) is 36.5 Å². The third-order valence-corrected chi connectivity index (χ3v) is 3.29. The molecule has 1 saturated carbocycles. The van der Waals surface area contributed by atoms with Gasteiger partial charge in [-0.25, -0.2) is 0 Å². The lowest BCUT2D eigenvalue weighted by Crippen LogP contribution is -2.17. The van der Waals surface area contributed by atoms with Gasteiger partial charge in [0.25, 0.3) is 0 Å². The summed E-state index contributed by atoms with van der Waals surface area (Å²) in [5, 5.41) is 0. The maximum absolute atomic E-state index is 10.9. The van der Waals surface area contributed by atoms with Crippen LogP contribution in [0.2, 0.25) is 0 Å². The second-order valence-corrected chi connectivity index (χ2v) is 4.81. The first-order valence-corrected chi connectivity index (χ1v) is 6.59. The number of methoxy groups -OCH3 is 1. The van der Waals surface area contributed by atoms with E-state index >= 15 is 0 Å². The minimum Gasteiger partial charge on any atom is -0.493 e. The van der Waals surface area contributed by atoms with Crippen molar-refractivity contribution in [2.45, 2.75) is 38.4 Å². The van der Waals surface area contributed by atoms with Gasteiger partial charge in [-0.05, 0) is 31.0 Å². The summed E-state index contributed by atoms with van der Waals surface area (Å²) in [6.07, 6.45) is 2.91. The molecule has 0 radical (unpaired) electrons. The average molecular weight is 278 g/mol. The van der Waals surface area contributed by atoms with Crippen LogP contribution in [0.25, 0.3) is 0 Å². The van der Waals surface area contributed by atoms with E-state index in [2.05, 4.69) is 0 Å². The molecule has 1 fully saturated rings. The van der Waals surface area contributed by atoms with Gasteiger partial charge in [0.15, 0.2) is 11.5 Å². The number of rotatable bonds is 5. The summed E-state index contributed by atoms with van der Waals surface area (Å²) >= 11 is 0. The van der Waals surface area contributed by atoms with Gasteiger partial charge in [0.2, 0.25) is 0 Å². The van der Waals surface area contributed by atoms with Gasteiger partial charge in [0.1, 0.15) is 18.5 Å². The Bertz CT molecular complexity index is 497. The van der Waals surface area contributed by atoms with E-state index in [4.69, 9.17) is 14.2 Å². The fourth-order valence-corrected chi connectivity index (χ4v) is 2.39. The molecule has 2 atom stereocenters. The Hall–Kier alpha value is -2.04. The molecule has 0 spiro atoms. The van der Waals surface area contributed by atoms with Gasteiger partial charge < -0.3 is 14.2 Å². The van der Waals surface area contributed by atoms with Crippen LogP contribution >= 0.6 is 0 Å². The molecular weight excluding hydrogens is 260 g/mol. The van der Waals surface area contributed by atoms with Crippen LogP contribution in [0.15, 0.2) is 18.2 Å². The highest BCUT2D eigenvalue weighted by molar-refractivity contribution is 5.76. The molecule has 0 N–H and O–H groups in total. The summed E-state index contributed by atoms with van der Waals surface area (Å²) in [6, 6.07) is 5.04. The molecule has 0 aromatic heterocycles. The van der Waals surface area contributed by atoms with Gasteiger partial charge in [0.05, 0.1) is 7.11 Å². The van der Waals surface area contributed by atoms with Crippen LogP contribution < -0.4 is 9.47 Å². The Morgan fingerprint density at radius 3 is 2.65 bits per heavy atom. The average Bonchev–Trinajstić information content (AvgIpc) is 2.85. The summed E-state index contributed by atoms with van der Waals surface area (Å²) in [5.74, 6) is 0.869. The van der Waals surface area contributed by atoms with Crippen LogP contribution in [-0.4, -0.2) is 31.6 Å². The zero-order valence-corrected chi connectivity index (χ0v) is 11.6. The van der Waals surface area contributed by atoms with Crippen molar-refractivity contribution in [3.63, 3.8) is 0 Å². The smallest absolute Gasteiger partial charge is 0.302 e. The molecule has 5 nitrogen and oxygen atoms in total. The highest BCUT2D eigenvalue weighted by atomic mass is 16.6. The Balaban J connectivity index is 2.03. The fourth-order valence-electron chi connectivity index (χ4n) is 2.39. The fraction of sp³-hybridized carbons (Fsp3) is 0.467. The number of ether oxygens (including phenoxy) is 3. The molecule has 108 valence electrons. The largest absolute Gasteiger partial charge is 0.493 e. The highest BCUT2D eigenvalue weighted by Gasteiger charge is 2.29. The monoisotopic (exact) mass is 278 g/mol. The van der Waals surface area contributed by atoms with E-state index in [9.17, 15) is 9.59 Å². The lowest BCUT2D eigenvalue weighted by molar-refractivity contribution is -0.146. The molecule has 1 aromatic rings. The van der Waals surface area contributed by atoms with E-state index in [1.54, 1.807) is 25.3 Å². The second kappa shape index (κ2) is 6.41. The Kier molecular flexibility index (Phi) is 4.61. The Morgan fingerprint density at radius 2 is 2.00 bits per heavy atom. The number of benzene rings is 1. The topological polar surface area (TPSA) is 61.8 Å². The molecule has 1 aliphatic rings. The summed E-state index contributed by atoms with van der Waals surface area (Å²) in [5.41, 5.74) is 0.537. The van der Waals surface area contributed by atoms with Gasteiger partial charge in [0, 0.05) is 18.9 Å². The van der Waals surface area contributed by atoms with Crippen molar-refractivity contribution in [3.05, 3.63) is 23.8 Å². The predicted octanol–water partition coefficient (Wildman–Crippen LogP) is 2.37. The second-order valence-electron chi connectivity index (χ2n) is 4.81. The zero-order chi connectivity index (χ0) is 14.5. The Labute approximate surface area is 117 Å². The minimum atomic E-state index is -0.267. The molecule has 0 saturated heterocycles. The summed E-state index contributed by atoms with van der Waals surface area (Å²) in [6.45, 7) is 1.41. The maximum atomic E-state index is 10.9. The molecule has 20 heavy (non-hydrogen) atoms. The van der Waals surface area contributed by atoms with E-state index in [-0.39, 0.29) is 18.2 Å². The van der Waals surface area contributed by atoms with Crippen LogP contribution in [0.3, 0.4) is 0 Å². The van der Waals surface area contributed by atoms with E-state index in [1.165, 1.54) is 6.92 Å². The third kappa shape index (κ3) is 3.50. The number of carbonyl (C=O) groups excluding carboxylic acids is 2. The number of aldehydes is 1. The number of carbonyl (C=O) groups is 2. The summed E-state index contributed by atoms with van der Waals surface area (Å²) in [7, 11) is 1.55. The van der Waals surface area contributed by atoms with Crippen LogP contribution in [0.4, 0.5) is 0 Å². The van der Waals surface area contributed by atoms with Crippen LogP contribution in [0, 0.1) is 0 Å². The highest BCUT2D eigenvalue weighted by Crippen LogP contribution is 2.33. The lowest BCUT2D eigenvalue weighted by Gasteiger charge is -2.16. The molecule has 2 rings (SSSR count). The zero-order valence-electron chi connectivity index (χ0n) is 11.6. The first-order chi connectivity index (χ1) is 9.62. The molecule has 0 heterocycles. The van der Waals surface area contributed by atoms with Crippen molar-refractivity contribution in [2.24, 2.45) is 0 Å². The molecule has 0 aliphatic heterocycles. The van der Waals surface area contributed by atoms with Crippen molar-refractivity contribution in [3.8, 4) is 11.5 Å². The summed E-state index contributed by atoms with van der Waals surface area (Å²) < 4.78 is 16.3. The van der Waals surface area contributed by atoms with E-state index in [1.807, 2.05) is 0 Å². The van der Waals surface area contributed by atoms with Gasteiger partial charge in [-0.3, -0.25) is 9.59 Å². The molecule has 5 heteroatoms. The molecule has 0 amide bonds. The van der Waals surface area contributed by atoms with Crippen LogP contribution in [-0.2, 0) is 9.53 Å². The van der Waals surface area contributed by atoms with E-state index in [0.29, 0.717) is 23.5 Å². The SMILES string of the molecule is COc1ccc(C=O)cc1O[C@H]1CC[C@H](OC(C)=O)C1. The number of hydrogen-bond donors (Lipinski definition) is 0.